The zero-order chi connectivity index (χ0) is 10.7. The average Bonchev–Trinajstić information content (AvgIpc) is 2.65. The molecule has 3 N–H and O–H groups in total. The summed E-state index contributed by atoms with van der Waals surface area (Å²) in [6.07, 6.45) is 5.39. The molecule has 0 aliphatic carbocycles. The number of rotatable bonds is 3. The molecule has 1 saturated heterocycles. The average molecular weight is 208 g/mol. The van der Waals surface area contributed by atoms with Gasteiger partial charge < -0.3 is 15.8 Å². The van der Waals surface area contributed by atoms with Crippen LogP contribution >= 0.6 is 0 Å². The van der Waals surface area contributed by atoms with E-state index in [-0.39, 0.29) is 5.60 Å². The van der Waals surface area contributed by atoms with Crippen LogP contribution in [0.5, 0.6) is 0 Å². The van der Waals surface area contributed by atoms with E-state index >= 15 is 0 Å². The minimum atomic E-state index is -0.0786. The molecule has 0 bridgehead atoms. The summed E-state index contributed by atoms with van der Waals surface area (Å²) in [5, 5.41) is 3.15. The minimum Gasteiger partial charge on any atom is -0.396 e. The zero-order valence-corrected chi connectivity index (χ0v) is 8.86. The molecule has 0 spiro atoms. The summed E-state index contributed by atoms with van der Waals surface area (Å²) < 4.78 is 5.64. The van der Waals surface area contributed by atoms with E-state index in [0.717, 1.165) is 26.0 Å². The highest BCUT2D eigenvalue weighted by Gasteiger charge is 2.29. The van der Waals surface area contributed by atoms with Crippen LogP contribution in [0.4, 0.5) is 11.6 Å². The first-order chi connectivity index (χ1) is 7.18. The first-order valence-corrected chi connectivity index (χ1v) is 5.13. The molecule has 1 fully saturated rings. The first kappa shape index (κ1) is 10.2. The van der Waals surface area contributed by atoms with E-state index in [0.29, 0.717) is 11.6 Å². The number of nitrogens with one attached hydrogen (secondary N) is 1. The van der Waals surface area contributed by atoms with Crippen molar-refractivity contribution in [1.82, 2.24) is 9.97 Å². The van der Waals surface area contributed by atoms with Crippen LogP contribution in [-0.2, 0) is 4.74 Å². The third-order valence-electron chi connectivity index (χ3n) is 2.59. The molecule has 1 aromatic rings. The highest BCUT2D eigenvalue weighted by atomic mass is 16.5. The van der Waals surface area contributed by atoms with Gasteiger partial charge in [0.1, 0.15) is 0 Å². The Morgan fingerprint density at radius 3 is 2.87 bits per heavy atom. The van der Waals surface area contributed by atoms with Gasteiger partial charge in [0, 0.05) is 13.2 Å². The summed E-state index contributed by atoms with van der Waals surface area (Å²) in [5.74, 6) is 0.598. The second-order valence-corrected chi connectivity index (χ2v) is 4.10. The third kappa shape index (κ3) is 2.56. The minimum absolute atomic E-state index is 0.0786. The van der Waals surface area contributed by atoms with Gasteiger partial charge in [-0.25, -0.2) is 9.97 Å². The molecule has 0 saturated carbocycles. The molecule has 0 amide bonds. The third-order valence-corrected chi connectivity index (χ3v) is 2.59. The Labute approximate surface area is 89.1 Å². The lowest BCUT2D eigenvalue weighted by atomic mass is 10.0. The number of aromatic nitrogens is 2. The van der Waals surface area contributed by atoms with Gasteiger partial charge in [-0.3, -0.25) is 0 Å². The number of nitrogens with two attached hydrogens (primary N) is 1. The Kier molecular flexibility index (Phi) is 2.73. The maximum atomic E-state index is 5.64. The van der Waals surface area contributed by atoms with Crippen LogP contribution in [0.25, 0.3) is 0 Å². The molecular weight excluding hydrogens is 192 g/mol. The summed E-state index contributed by atoms with van der Waals surface area (Å²) in [7, 11) is 0. The van der Waals surface area contributed by atoms with Crippen LogP contribution in [0, 0.1) is 0 Å². The Bertz CT molecular complexity index is 319. The van der Waals surface area contributed by atoms with Gasteiger partial charge in [-0.2, -0.15) is 0 Å². The molecule has 1 unspecified atom stereocenters. The van der Waals surface area contributed by atoms with Crippen molar-refractivity contribution in [3.63, 3.8) is 0 Å². The summed E-state index contributed by atoms with van der Waals surface area (Å²) in [6.45, 7) is 3.68. The molecule has 5 nitrogen and oxygen atoms in total. The summed E-state index contributed by atoms with van der Waals surface area (Å²) in [6, 6.07) is 0. The van der Waals surface area contributed by atoms with E-state index in [2.05, 4.69) is 22.2 Å². The van der Waals surface area contributed by atoms with Gasteiger partial charge in [-0.05, 0) is 19.8 Å². The smallest absolute Gasteiger partial charge is 0.222 e. The number of nitrogen functional groups attached to an aromatic ring is 1. The van der Waals surface area contributed by atoms with Crippen LogP contribution in [-0.4, -0.2) is 28.7 Å². The Morgan fingerprint density at radius 1 is 1.53 bits per heavy atom. The van der Waals surface area contributed by atoms with Crippen LogP contribution in [0.3, 0.4) is 0 Å². The summed E-state index contributed by atoms with van der Waals surface area (Å²) >= 11 is 0. The Balaban J connectivity index is 1.90. The molecule has 2 heterocycles. The fraction of sp³-hybridized carbons (Fsp3) is 0.600. The maximum Gasteiger partial charge on any atom is 0.222 e. The number of ether oxygens (including phenoxy) is 1. The van der Waals surface area contributed by atoms with Crippen molar-refractivity contribution in [2.45, 2.75) is 25.4 Å². The molecule has 0 aromatic carbocycles. The fourth-order valence-corrected chi connectivity index (χ4v) is 1.67. The number of hydrogen-bond donors (Lipinski definition) is 2. The van der Waals surface area contributed by atoms with E-state index in [1.807, 2.05) is 0 Å². The predicted octanol–water partition coefficient (Wildman–Crippen LogP) is 1.04. The lowest BCUT2D eigenvalue weighted by molar-refractivity contribution is 0.0314. The maximum absolute atomic E-state index is 5.64. The Morgan fingerprint density at radius 2 is 2.27 bits per heavy atom. The highest BCUT2D eigenvalue weighted by Crippen LogP contribution is 2.24. The van der Waals surface area contributed by atoms with Crippen molar-refractivity contribution in [2.24, 2.45) is 0 Å². The SMILES string of the molecule is CC1(CNc2ncc(N)cn2)CCCO1. The molecule has 5 heteroatoms. The van der Waals surface area contributed by atoms with Gasteiger partial charge in [0.15, 0.2) is 0 Å². The monoisotopic (exact) mass is 208 g/mol. The quantitative estimate of drug-likeness (QED) is 0.776. The van der Waals surface area contributed by atoms with E-state index in [4.69, 9.17) is 10.5 Å². The van der Waals surface area contributed by atoms with Crippen LogP contribution in [0.15, 0.2) is 12.4 Å². The second-order valence-electron chi connectivity index (χ2n) is 4.10. The molecule has 15 heavy (non-hydrogen) atoms. The normalized spacial score (nSPS) is 25.4. The van der Waals surface area contributed by atoms with Crippen molar-refractivity contribution in [3.8, 4) is 0 Å². The zero-order valence-electron chi connectivity index (χ0n) is 8.86. The van der Waals surface area contributed by atoms with Gasteiger partial charge in [-0.15, -0.1) is 0 Å². The first-order valence-electron chi connectivity index (χ1n) is 5.13. The van der Waals surface area contributed by atoms with Gasteiger partial charge in [-0.1, -0.05) is 0 Å². The summed E-state index contributed by atoms with van der Waals surface area (Å²) in [5.41, 5.74) is 5.99. The molecule has 0 radical (unpaired) electrons. The predicted molar refractivity (Wildman–Crippen MR) is 58.5 cm³/mol. The molecular formula is C10H16N4O. The van der Waals surface area contributed by atoms with Crippen molar-refractivity contribution >= 4 is 11.6 Å². The van der Waals surface area contributed by atoms with E-state index in [1.54, 1.807) is 12.4 Å². The molecule has 82 valence electrons. The van der Waals surface area contributed by atoms with Crippen molar-refractivity contribution in [2.75, 3.05) is 24.2 Å². The molecule has 1 aliphatic rings. The lowest BCUT2D eigenvalue weighted by Crippen LogP contribution is -2.33. The van der Waals surface area contributed by atoms with E-state index in [9.17, 15) is 0 Å². The van der Waals surface area contributed by atoms with Crippen molar-refractivity contribution in [1.29, 1.82) is 0 Å². The second kappa shape index (κ2) is 4.02. The van der Waals surface area contributed by atoms with Gasteiger partial charge in [0.25, 0.3) is 0 Å². The largest absolute Gasteiger partial charge is 0.396 e. The summed E-state index contributed by atoms with van der Waals surface area (Å²) in [4.78, 5) is 8.14. The Hall–Kier alpha value is -1.36. The number of nitrogens with zero attached hydrogens (tertiary/aromatic N) is 2. The molecule has 1 atom stereocenters. The van der Waals surface area contributed by atoms with Crippen LogP contribution < -0.4 is 11.1 Å². The van der Waals surface area contributed by atoms with Crippen LogP contribution in [0.2, 0.25) is 0 Å². The highest BCUT2D eigenvalue weighted by molar-refractivity contribution is 5.36. The van der Waals surface area contributed by atoms with Gasteiger partial charge in [0.2, 0.25) is 5.95 Å². The van der Waals surface area contributed by atoms with E-state index < -0.39 is 0 Å². The van der Waals surface area contributed by atoms with Gasteiger partial charge >= 0.3 is 0 Å². The molecule has 2 rings (SSSR count). The lowest BCUT2D eigenvalue weighted by Gasteiger charge is -2.23. The molecule has 1 aliphatic heterocycles. The van der Waals surface area contributed by atoms with Crippen molar-refractivity contribution in [3.05, 3.63) is 12.4 Å². The standard InChI is InChI=1S/C10H16N4O/c1-10(3-2-4-15-10)7-14-9-12-5-8(11)6-13-9/h5-6H,2-4,7,11H2,1H3,(H,12,13,14). The topological polar surface area (TPSA) is 73.1 Å². The van der Waals surface area contributed by atoms with Gasteiger partial charge in [0.05, 0.1) is 23.7 Å². The fourth-order valence-electron chi connectivity index (χ4n) is 1.67. The number of hydrogen-bond acceptors (Lipinski definition) is 5. The van der Waals surface area contributed by atoms with E-state index in [1.165, 1.54) is 0 Å². The molecule has 1 aromatic heterocycles. The van der Waals surface area contributed by atoms with Crippen molar-refractivity contribution < 1.29 is 4.74 Å². The van der Waals surface area contributed by atoms with Crippen LogP contribution in [0.1, 0.15) is 19.8 Å². The number of anilines is 2.